The van der Waals surface area contributed by atoms with Crippen LogP contribution in [0.5, 0.6) is 0 Å². The molecule has 0 aliphatic carbocycles. The third kappa shape index (κ3) is 3.22. The minimum Gasteiger partial charge on any atom is -0.363 e. The first-order valence-corrected chi connectivity index (χ1v) is 2.50. The van der Waals surface area contributed by atoms with Crippen molar-refractivity contribution < 1.29 is 0 Å². The van der Waals surface area contributed by atoms with Gasteiger partial charge in [-0.25, -0.2) is 0 Å². The summed E-state index contributed by atoms with van der Waals surface area (Å²) in [4.78, 5) is 0. The predicted molar refractivity (Wildman–Crippen MR) is 37.3 cm³/mol. The topological polar surface area (TPSA) is 12.0 Å². The fraction of sp³-hybridized carbons (Fsp3) is 0.143. The molecule has 0 rings (SSSR count). The van der Waals surface area contributed by atoms with Crippen molar-refractivity contribution in [3.8, 4) is 0 Å². The Morgan fingerprint density at radius 1 is 1.62 bits per heavy atom. The van der Waals surface area contributed by atoms with Gasteiger partial charge in [-0.05, 0) is 19.2 Å². The molecule has 0 spiro atoms. The second kappa shape index (κ2) is 4.19. The van der Waals surface area contributed by atoms with E-state index in [1.807, 2.05) is 19.1 Å². The van der Waals surface area contributed by atoms with E-state index in [2.05, 4.69) is 18.5 Å². The van der Waals surface area contributed by atoms with Gasteiger partial charge in [0.05, 0.1) is 0 Å². The summed E-state index contributed by atoms with van der Waals surface area (Å²) in [7, 11) is 0. The molecule has 1 nitrogen and oxygen atoms in total. The maximum atomic E-state index is 3.66. The van der Waals surface area contributed by atoms with Gasteiger partial charge in [-0.3, -0.25) is 0 Å². The van der Waals surface area contributed by atoms with Gasteiger partial charge in [0.25, 0.3) is 0 Å². The summed E-state index contributed by atoms with van der Waals surface area (Å²) in [6.07, 6.45) is 5.39. The molecule has 0 radical (unpaired) electrons. The van der Waals surface area contributed by atoms with Gasteiger partial charge >= 0.3 is 0 Å². The third-order valence-electron chi connectivity index (χ3n) is 0.655. The highest BCUT2D eigenvalue weighted by atomic mass is 14.8. The van der Waals surface area contributed by atoms with E-state index in [9.17, 15) is 0 Å². The molecule has 0 fully saturated rings. The van der Waals surface area contributed by atoms with E-state index >= 15 is 0 Å². The van der Waals surface area contributed by atoms with Crippen LogP contribution in [0, 0.1) is 0 Å². The summed E-state index contributed by atoms with van der Waals surface area (Å²) >= 11 is 0. The maximum absolute atomic E-state index is 3.66. The van der Waals surface area contributed by atoms with E-state index in [0.717, 1.165) is 5.70 Å². The Morgan fingerprint density at radius 3 is 2.62 bits per heavy atom. The van der Waals surface area contributed by atoms with Gasteiger partial charge in [-0.1, -0.05) is 19.2 Å². The SMILES string of the molecule is C=CNC(=C)/C=C\C. The molecule has 0 aromatic heterocycles. The minimum absolute atomic E-state index is 0.863. The Kier molecular flexibility index (Phi) is 3.67. The zero-order valence-electron chi connectivity index (χ0n) is 5.15. The van der Waals surface area contributed by atoms with Gasteiger partial charge in [-0.15, -0.1) is 0 Å². The maximum Gasteiger partial charge on any atom is 0.0303 e. The van der Waals surface area contributed by atoms with Crippen molar-refractivity contribution in [2.45, 2.75) is 6.92 Å². The van der Waals surface area contributed by atoms with Crippen LogP contribution in [0.2, 0.25) is 0 Å². The molecule has 0 bridgehead atoms. The molecule has 1 N–H and O–H groups in total. The van der Waals surface area contributed by atoms with Crippen molar-refractivity contribution in [3.63, 3.8) is 0 Å². The Bertz CT molecular complexity index is 112. The summed E-state index contributed by atoms with van der Waals surface area (Å²) in [5.74, 6) is 0. The number of hydrogen-bond acceptors (Lipinski definition) is 1. The molecule has 0 unspecified atom stereocenters. The first-order valence-electron chi connectivity index (χ1n) is 2.50. The first kappa shape index (κ1) is 7.02. The lowest BCUT2D eigenvalue weighted by atomic mass is 10.4. The molecular weight excluding hydrogens is 98.1 g/mol. The number of allylic oxidation sites excluding steroid dienone is 2. The van der Waals surface area contributed by atoms with Crippen molar-refractivity contribution in [1.29, 1.82) is 0 Å². The van der Waals surface area contributed by atoms with E-state index in [4.69, 9.17) is 0 Å². The Labute approximate surface area is 50.4 Å². The van der Waals surface area contributed by atoms with Crippen LogP contribution >= 0.6 is 0 Å². The van der Waals surface area contributed by atoms with Crippen molar-refractivity contribution in [1.82, 2.24) is 5.32 Å². The van der Waals surface area contributed by atoms with Gasteiger partial charge < -0.3 is 5.32 Å². The van der Waals surface area contributed by atoms with Crippen LogP contribution in [0.1, 0.15) is 6.92 Å². The van der Waals surface area contributed by atoms with E-state index < -0.39 is 0 Å². The van der Waals surface area contributed by atoms with Crippen molar-refractivity contribution >= 4 is 0 Å². The molecule has 0 aliphatic rings. The normalized spacial score (nSPS) is 9.12. The molecule has 8 heavy (non-hydrogen) atoms. The summed E-state index contributed by atoms with van der Waals surface area (Å²) in [5.41, 5.74) is 0.863. The first-order chi connectivity index (χ1) is 3.81. The monoisotopic (exact) mass is 109 g/mol. The van der Waals surface area contributed by atoms with Crippen LogP contribution in [0.15, 0.2) is 37.2 Å². The fourth-order valence-electron chi connectivity index (χ4n) is 0.380. The lowest BCUT2D eigenvalue weighted by Crippen LogP contribution is -1.98. The molecule has 0 saturated carbocycles. The van der Waals surface area contributed by atoms with Crippen LogP contribution in [0.4, 0.5) is 0 Å². The van der Waals surface area contributed by atoms with E-state index in [0.29, 0.717) is 0 Å². The Morgan fingerprint density at radius 2 is 2.25 bits per heavy atom. The van der Waals surface area contributed by atoms with Crippen LogP contribution in [-0.4, -0.2) is 0 Å². The smallest absolute Gasteiger partial charge is 0.0303 e. The summed E-state index contributed by atoms with van der Waals surface area (Å²) in [6.45, 7) is 9.08. The van der Waals surface area contributed by atoms with Gasteiger partial charge in [0.1, 0.15) is 0 Å². The molecule has 0 aromatic carbocycles. The lowest BCUT2D eigenvalue weighted by Gasteiger charge is -1.93. The molecule has 0 amide bonds. The van der Waals surface area contributed by atoms with E-state index in [-0.39, 0.29) is 0 Å². The Hall–Kier alpha value is -0.980. The summed E-state index contributed by atoms with van der Waals surface area (Å²) < 4.78 is 0. The van der Waals surface area contributed by atoms with E-state index in [1.54, 1.807) is 6.20 Å². The number of nitrogens with one attached hydrogen (secondary N) is 1. The van der Waals surface area contributed by atoms with Crippen molar-refractivity contribution in [3.05, 3.63) is 37.2 Å². The van der Waals surface area contributed by atoms with Gasteiger partial charge in [0.15, 0.2) is 0 Å². The molecule has 1 heteroatoms. The fourth-order valence-corrected chi connectivity index (χ4v) is 0.380. The van der Waals surface area contributed by atoms with Crippen LogP contribution < -0.4 is 5.32 Å². The number of hydrogen-bond donors (Lipinski definition) is 1. The van der Waals surface area contributed by atoms with Gasteiger partial charge in [0.2, 0.25) is 0 Å². The second-order valence-corrected chi connectivity index (χ2v) is 1.37. The minimum atomic E-state index is 0.863. The number of rotatable bonds is 3. The van der Waals surface area contributed by atoms with Crippen molar-refractivity contribution in [2.24, 2.45) is 0 Å². The standard InChI is InChI=1S/C7H11N/c1-4-6-7(3)8-5-2/h4-6,8H,2-3H2,1H3/b6-4-. The second-order valence-electron chi connectivity index (χ2n) is 1.37. The zero-order chi connectivity index (χ0) is 6.41. The molecule has 44 valence electrons. The average Bonchev–Trinajstić information content (AvgIpc) is 1.68. The van der Waals surface area contributed by atoms with Gasteiger partial charge in [-0.2, -0.15) is 0 Å². The molecule has 0 aliphatic heterocycles. The molecule has 0 atom stereocenters. The molecule has 0 aromatic rings. The molecular formula is C7H11N. The van der Waals surface area contributed by atoms with Crippen molar-refractivity contribution in [2.75, 3.05) is 0 Å². The van der Waals surface area contributed by atoms with Crippen LogP contribution in [-0.2, 0) is 0 Å². The largest absolute Gasteiger partial charge is 0.363 e. The highest BCUT2D eigenvalue weighted by Gasteiger charge is 1.74. The highest BCUT2D eigenvalue weighted by molar-refractivity contribution is 5.12. The zero-order valence-corrected chi connectivity index (χ0v) is 5.15. The highest BCUT2D eigenvalue weighted by Crippen LogP contribution is 1.83. The summed E-state index contributed by atoms with van der Waals surface area (Å²) in [6, 6.07) is 0. The van der Waals surface area contributed by atoms with Crippen LogP contribution in [0.25, 0.3) is 0 Å². The molecule has 0 saturated heterocycles. The predicted octanol–water partition coefficient (Wildman–Crippen LogP) is 1.81. The van der Waals surface area contributed by atoms with Gasteiger partial charge in [0, 0.05) is 5.70 Å². The molecule has 0 heterocycles. The lowest BCUT2D eigenvalue weighted by molar-refractivity contribution is 1.13. The third-order valence-corrected chi connectivity index (χ3v) is 0.655. The Balaban J connectivity index is 3.48. The van der Waals surface area contributed by atoms with E-state index in [1.165, 1.54) is 0 Å². The van der Waals surface area contributed by atoms with Crippen LogP contribution in [0.3, 0.4) is 0 Å². The summed E-state index contributed by atoms with van der Waals surface area (Å²) in [5, 5.41) is 2.83. The average molecular weight is 109 g/mol. The quantitative estimate of drug-likeness (QED) is 0.545.